The number of carbonyl (C=O) groups excluding carboxylic acids is 1. The maximum absolute atomic E-state index is 13.6. The van der Waals surface area contributed by atoms with E-state index in [1.54, 1.807) is 11.0 Å². The van der Waals surface area contributed by atoms with Gasteiger partial charge in [0, 0.05) is 49.4 Å². The Balaban J connectivity index is 1.34. The lowest BCUT2D eigenvalue weighted by molar-refractivity contribution is -0.142. The minimum atomic E-state index is -4.61. The van der Waals surface area contributed by atoms with Gasteiger partial charge >= 0.3 is 6.18 Å². The highest BCUT2D eigenvalue weighted by atomic mass is 35.5. The van der Waals surface area contributed by atoms with Crippen molar-refractivity contribution in [3.63, 3.8) is 0 Å². The van der Waals surface area contributed by atoms with Crippen LogP contribution in [0.25, 0.3) is 5.65 Å². The molecule has 2 aromatic heterocycles. The first kappa shape index (κ1) is 22.1. The van der Waals surface area contributed by atoms with Gasteiger partial charge in [-0.15, -0.1) is 0 Å². The summed E-state index contributed by atoms with van der Waals surface area (Å²) in [4.78, 5) is 21.2. The summed E-state index contributed by atoms with van der Waals surface area (Å²) in [5, 5.41) is 4.19. The van der Waals surface area contributed by atoms with Gasteiger partial charge in [-0.05, 0) is 36.6 Å². The molecule has 174 valence electrons. The second kappa shape index (κ2) is 8.25. The first-order valence-corrected chi connectivity index (χ1v) is 11.0. The molecule has 0 radical (unpaired) electrons. The fourth-order valence-corrected chi connectivity index (χ4v) is 4.32. The number of nitrogens with zero attached hydrogens (tertiary/aromatic N) is 5. The summed E-state index contributed by atoms with van der Waals surface area (Å²) in [6.45, 7) is 2.40. The monoisotopic (exact) mass is 481 g/mol. The Kier molecular flexibility index (Phi) is 5.52. The van der Waals surface area contributed by atoms with Crippen molar-refractivity contribution in [2.75, 3.05) is 26.2 Å². The zero-order chi connectivity index (χ0) is 23.3. The van der Waals surface area contributed by atoms with Crippen LogP contribution in [-0.2, 0) is 12.7 Å². The molecular weight excluding hydrogens is 462 g/mol. The van der Waals surface area contributed by atoms with Crippen molar-refractivity contribution in [3.8, 4) is 0 Å². The molecule has 3 aromatic rings. The van der Waals surface area contributed by atoms with Crippen molar-refractivity contribution in [3.05, 3.63) is 63.8 Å². The minimum absolute atomic E-state index is 0.00391. The molecule has 1 aliphatic heterocycles. The van der Waals surface area contributed by atoms with E-state index in [1.165, 1.54) is 18.3 Å². The molecular formula is C22H20ClF4N5O. The average molecular weight is 482 g/mol. The first-order valence-electron chi connectivity index (χ1n) is 10.6. The highest BCUT2D eigenvalue weighted by Crippen LogP contribution is 2.41. The summed E-state index contributed by atoms with van der Waals surface area (Å²) in [6, 6.07) is 5.28. The third-order valence-electron chi connectivity index (χ3n) is 6.08. The van der Waals surface area contributed by atoms with E-state index in [1.807, 2.05) is 0 Å². The zero-order valence-corrected chi connectivity index (χ0v) is 18.2. The number of piperazine rings is 1. The van der Waals surface area contributed by atoms with Gasteiger partial charge in [0.1, 0.15) is 17.1 Å². The average Bonchev–Trinajstić information content (AvgIpc) is 3.54. The predicted molar refractivity (Wildman–Crippen MR) is 113 cm³/mol. The summed E-state index contributed by atoms with van der Waals surface area (Å²) in [5.41, 5.74) is 0.229. The summed E-state index contributed by atoms with van der Waals surface area (Å²) in [5.74, 6) is -0.798. The van der Waals surface area contributed by atoms with Crippen molar-refractivity contribution in [2.45, 2.75) is 31.5 Å². The topological polar surface area (TPSA) is 53.7 Å². The maximum Gasteiger partial charge on any atom is 0.433 e. The number of fused-ring (bicyclic) bond motifs is 1. The van der Waals surface area contributed by atoms with Gasteiger partial charge in [-0.3, -0.25) is 9.69 Å². The van der Waals surface area contributed by atoms with Crippen LogP contribution in [0.15, 0.2) is 30.5 Å². The molecule has 5 rings (SSSR count). The summed E-state index contributed by atoms with van der Waals surface area (Å²) >= 11 is 6.11. The standard InChI is InChI=1S/C22H20ClF4N5O/c23-17-9-15(24)4-3-14(17)12-30-5-7-31(8-6-30)21(33)16-11-28-32-19(22(25,26)27)10-18(13-1-2-13)29-20(16)32/h3-4,9-11,13H,1-2,5-8,12H2. The summed E-state index contributed by atoms with van der Waals surface area (Å²) in [7, 11) is 0. The molecule has 1 aromatic carbocycles. The van der Waals surface area contributed by atoms with Crippen LogP contribution in [0.2, 0.25) is 5.02 Å². The van der Waals surface area contributed by atoms with Crippen LogP contribution < -0.4 is 0 Å². The molecule has 0 spiro atoms. The van der Waals surface area contributed by atoms with Crippen LogP contribution in [0.5, 0.6) is 0 Å². The Morgan fingerprint density at radius 1 is 1.12 bits per heavy atom. The van der Waals surface area contributed by atoms with Crippen LogP contribution >= 0.6 is 11.6 Å². The number of hydrogen-bond donors (Lipinski definition) is 0. The van der Waals surface area contributed by atoms with Crippen molar-refractivity contribution in [1.82, 2.24) is 24.4 Å². The molecule has 11 heteroatoms. The second-order valence-electron chi connectivity index (χ2n) is 8.44. The van der Waals surface area contributed by atoms with E-state index in [2.05, 4.69) is 15.0 Å². The largest absolute Gasteiger partial charge is 0.433 e. The second-order valence-corrected chi connectivity index (χ2v) is 8.84. The molecule has 0 bridgehead atoms. The number of carbonyl (C=O) groups is 1. The number of benzene rings is 1. The molecule has 6 nitrogen and oxygen atoms in total. The van der Waals surface area contributed by atoms with E-state index >= 15 is 0 Å². The highest BCUT2D eigenvalue weighted by molar-refractivity contribution is 6.31. The number of aromatic nitrogens is 3. The van der Waals surface area contributed by atoms with Crippen LogP contribution in [-0.4, -0.2) is 56.5 Å². The van der Waals surface area contributed by atoms with Gasteiger partial charge < -0.3 is 4.90 Å². The third-order valence-corrected chi connectivity index (χ3v) is 6.43. The fraction of sp³-hybridized carbons (Fsp3) is 0.409. The van der Waals surface area contributed by atoms with E-state index in [-0.39, 0.29) is 17.1 Å². The van der Waals surface area contributed by atoms with E-state index < -0.39 is 23.6 Å². The van der Waals surface area contributed by atoms with Crippen LogP contribution in [0, 0.1) is 5.82 Å². The van der Waals surface area contributed by atoms with Crippen molar-refractivity contribution in [1.29, 1.82) is 0 Å². The molecule has 1 amide bonds. The van der Waals surface area contributed by atoms with Gasteiger partial charge in [0.25, 0.3) is 5.91 Å². The Bertz CT molecular complexity index is 1220. The van der Waals surface area contributed by atoms with E-state index in [4.69, 9.17) is 11.6 Å². The smallest absolute Gasteiger partial charge is 0.336 e. The Morgan fingerprint density at radius 3 is 2.48 bits per heavy atom. The van der Waals surface area contributed by atoms with Crippen LogP contribution in [0.4, 0.5) is 17.6 Å². The van der Waals surface area contributed by atoms with E-state index in [9.17, 15) is 22.4 Å². The fourth-order valence-electron chi connectivity index (χ4n) is 4.09. The van der Waals surface area contributed by atoms with Crippen molar-refractivity contribution < 1.29 is 22.4 Å². The Labute approximate surface area is 191 Å². The van der Waals surface area contributed by atoms with Gasteiger partial charge in [0.15, 0.2) is 5.65 Å². The number of alkyl halides is 3. The SMILES string of the molecule is O=C(c1cnn2c(C(F)(F)F)cc(C3CC3)nc12)N1CCN(Cc2ccc(F)cc2Cl)CC1. The third kappa shape index (κ3) is 4.41. The molecule has 33 heavy (non-hydrogen) atoms. The minimum Gasteiger partial charge on any atom is -0.336 e. The lowest BCUT2D eigenvalue weighted by Crippen LogP contribution is -2.48. The predicted octanol–water partition coefficient (Wildman–Crippen LogP) is 4.38. The molecule has 1 aliphatic carbocycles. The molecule has 3 heterocycles. The van der Waals surface area contributed by atoms with Gasteiger partial charge in [-0.25, -0.2) is 13.9 Å². The quantitative estimate of drug-likeness (QED) is 0.519. The molecule has 2 aliphatic rings. The molecule has 1 saturated carbocycles. The van der Waals surface area contributed by atoms with Crippen molar-refractivity contribution >= 4 is 23.2 Å². The van der Waals surface area contributed by atoms with Gasteiger partial charge in [0.2, 0.25) is 0 Å². The molecule has 0 unspecified atom stereocenters. The summed E-state index contributed by atoms with van der Waals surface area (Å²) in [6.07, 6.45) is -1.86. The molecule has 2 fully saturated rings. The first-order chi connectivity index (χ1) is 15.7. The van der Waals surface area contributed by atoms with Crippen LogP contribution in [0.1, 0.15) is 46.1 Å². The summed E-state index contributed by atoms with van der Waals surface area (Å²) < 4.78 is 54.8. The Hall–Kier alpha value is -2.72. The van der Waals surface area contributed by atoms with Crippen LogP contribution in [0.3, 0.4) is 0 Å². The van der Waals surface area contributed by atoms with Gasteiger partial charge in [0.05, 0.1) is 6.20 Å². The number of rotatable bonds is 4. The highest BCUT2D eigenvalue weighted by Gasteiger charge is 2.38. The van der Waals surface area contributed by atoms with Gasteiger partial charge in [-0.2, -0.15) is 18.3 Å². The van der Waals surface area contributed by atoms with Gasteiger partial charge in [-0.1, -0.05) is 17.7 Å². The molecule has 1 saturated heterocycles. The normalized spacial score (nSPS) is 17.7. The molecule has 0 N–H and O–H groups in total. The van der Waals surface area contributed by atoms with Crippen molar-refractivity contribution in [2.24, 2.45) is 0 Å². The lowest BCUT2D eigenvalue weighted by Gasteiger charge is -2.34. The maximum atomic E-state index is 13.6. The van der Waals surface area contributed by atoms with E-state index in [0.717, 1.165) is 24.5 Å². The van der Waals surface area contributed by atoms with E-state index in [0.29, 0.717) is 48.0 Å². The number of halogens is 5. The zero-order valence-electron chi connectivity index (χ0n) is 17.4. The lowest BCUT2D eigenvalue weighted by atomic mass is 10.1. The molecule has 0 atom stereocenters. The number of hydrogen-bond acceptors (Lipinski definition) is 4. The number of amides is 1. The Morgan fingerprint density at radius 2 is 1.85 bits per heavy atom.